The number of carbonyl (C=O) groups excluding carboxylic acids is 1. The molecule has 0 atom stereocenters. The normalized spacial score (nSPS) is 10.1. The van der Waals surface area contributed by atoms with E-state index in [-0.39, 0.29) is 17.2 Å². The smallest absolute Gasteiger partial charge is 0.341 e. The molecule has 0 aliphatic rings. The highest BCUT2D eigenvalue weighted by molar-refractivity contribution is 9.08. The van der Waals surface area contributed by atoms with E-state index < -0.39 is 11.8 Å². The van der Waals surface area contributed by atoms with Crippen LogP contribution in [0.5, 0.6) is 0 Å². The lowest BCUT2D eigenvalue weighted by molar-refractivity contribution is 0.0521. The maximum Gasteiger partial charge on any atom is 0.341 e. The van der Waals surface area contributed by atoms with Crippen LogP contribution in [0.2, 0.25) is 5.02 Å². The molecule has 15 heavy (non-hydrogen) atoms. The van der Waals surface area contributed by atoms with Gasteiger partial charge >= 0.3 is 5.97 Å². The Hall–Kier alpha value is -0.610. The third-order valence-electron chi connectivity index (χ3n) is 1.78. The summed E-state index contributed by atoms with van der Waals surface area (Å²) in [5.74, 6) is -1.34. The topological polar surface area (TPSA) is 26.3 Å². The molecule has 0 N–H and O–H groups in total. The highest BCUT2D eigenvalue weighted by Crippen LogP contribution is 2.23. The van der Waals surface area contributed by atoms with Crippen molar-refractivity contribution in [2.75, 3.05) is 6.61 Å². The van der Waals surface area contributed by atoms with E-state index in [4.69, 9.17) is 16.3 Å². The molecular formula is C10H9BrClFO2. The average Bonchev–Trinajstić information content (AvgIpc) is 2.18. The molecule has 0 saturated carbocycles. The van der Waals surface area contributed by atoms with Gasteiger partial charge in [0.05, 0.1) is 12.2 Å². The predicted octanol–water partition coefficient (Wildman–Crippen LogP) is 3.55. The van der Waals surface area contributed by atoms with E-state index >= 15 is 0 Å². The minimum atomic E-state index is -0.672. The highest BCUT2D eigenvalue weighted by Gasteiger charge is 2.15. The molecular weight excluding hydrogens is 286 g/mol. The van der Waals surface area contributed by atoms with Gasteiger partial charge < -0.3 is 4.74 Å². The van der Waals surface area contributed by atoms with E-state index in [0.717, 1.165) is 6.07 Å². The zero-order chi connectivity index (χ0) is 11.4. The van der Waals surface area contributed by atoms with Crippen LogP contribution in [-0.2, 0) is 10.1 Å². The first-order valence-electron chi connectivity index (χ1n) is 4.31. The molecule has 0 aliphatic carbocycles. The van der Waals surface area contributed by atoms with Crippen LogP contribution in [0.1, 0.15) is 22.8 Å². The van der Waals surface area contributed by atoms with E-state index in [2.05, 4.69) is 15.9 Å². The van der Waals surface area contributed by atoms with Crippen molar-refractivity contribution in [3.05, 3.63) is 34.1 Å². The Kier molecular flexibility index (Phi) is 4.54. The van der Waals surface area contributed by atoms with Gasteiger partial charge in [-0.15, -0.1) is 0 Å². The number of alkyl halides is 1. The fraction of sp³-hybridized carbons (Fsp3) is 0.300. The molecule has 0 saturated heterocycles. The van der Waals surface area contributed by atoms with Gasteiger partial charge in [-0.2, -0.15) is 0 Å². The first kappa shape index (κ1) is 12.5. The highest BCUT2D eigenvalue weighted by atomic mass is 79.9. The molecule has 0 unspecified atom stereocenters. The van der Waals surface area contributed by atoms with Crippen LogP contribution >= 0.6 is 27.5 Å². The minimum absolute atomic E-state index is 0.0873. The maximum atomic E-state index is 13.3. The summed E-state index contributed by atoms with van der Waals surface area (Å²) in [4.78, 5) is 11.3. The summed E-state index contributed by atoms with van der Waals surface area (Å²) in [7, 11) is 0. The summed E-state index contributed by atoms with van der Waals surface area (Å²) in [5, 5.41) is 0.746. The lowest BCUT2D eigenvalue weighted by Crippen LogP contribution is -2.08. The molecule has 2 nitrogen and oxygen atoms in total. The first-order chi connectivity index (χ1) is 7.10. The fourth-order valence-corrected chi connectivity index (χ4v) is 1.90. The fourth-order valence-electron chi connectivity index (χ4n) is 1.06. The lowest BCUT2D eigenvalue weighted by atomic mass is 10.1. The molecule has 0 amide bonds. The number of hydrogen-bond donors (Lipinski definition) is 0. The summed E-state index contributed by atoms with van der Waals surface area (Å²) < 4.78 is 18.1. The number of halogens is 3. The molecule has 0 aliphatic heterocycles. The Bertz CT molecular complexity index is 382. The third-order valence-corrected chi connectivity index (χ3v) is 2.73. The lowest BCUT2D eigenvalue weighted by Gasteiger charge is -2.06. The summed E-state index contributed by atoms with van der Waals surface area (Å²) in [6.45, 7) is 1.88. The number of carbonyl (C=O) groups is 1. The van der Waals surface area contributed by atoms with Crippen LogP contribution in [-0.4, -0.2) is 12.6 Å². The van der Waals surface area contributed by atoms with Gasteiger partial charge in [0.2, 0.25) is 0 Å². The summed E-state index contributed by atoms with van der Waals surface area (Å²) in [6, 6.07) is 2.51. The zero-order valence-corrected chi connectivity index (χ0v) is 10.4. The van der Waals surface area contributed by atoms with E-state index in [1.54, 1.807) is 6.92 Å². The maximum absolute atomic E-state index is 13.3. The van der Waals surface area contributed by atoms with Gasteiger partial charge in [-0.1, -0.05) is 27.5 Å². The van der Waals surface area contributed by atoms with Crippen molar-refractivity contribution in [1.29, 1.82) is 0 Å². The SMILES string of the molecule is CCOC(=O)c1cc(CBr)c(Cl)cc1F. The molecule has 82 valence electrons. The Morgan fingerprint density at radius 2 is 2.27 bits per heavy atom. The number of benzene rings is 1. The molecule has 1 rings (SSSR count). The number of esters is 1. The standard InChI is InChI=1S/C10H9BrClFO2/c1-2-15-10(14)7-3-6(5-11)8(12)4-9(7)13/h3-4H,2,5H2,1H3. The Morgan fingerprint density at radius 1 is 1.60 bits per heavy atom. The second kappa shape index (κ2) is 5.47. The first-order valence-corrected chi connectivity index (χ1v) is 5.81. The van der Waals surface area contributed by atoms with Crippen LogP contribution in [0.25, 0.3) is 0 Å². The van der Waals surface area contributed by atoms with E-state index in [9.17, 15) is 9.18 Å². The van der Waals surface area contributed by atoms with Crippen molar-refractivity contribution in [3.8, 4) is 0 Å². The Morgan fingerprint density at radius 3 is 2.80 bits per heavy atom. The van der Waals surface area contributed by atoms with Crippen molar-refractivity contribution in [2.45, 2.75) is 12.3 Å². The van der Waals surface area contributed by atoms with Crippen LogP contribution in [0.15, 0.2) is 12.1 Å². The number of hydrogen-bond acceptors (Lipinski definition) is 2. The van der Waals surface area contributed by atoms with Crippen LogP contribution in [0.3, 0.4) is 0 Å². The molecule has 0 spiro atoms. The van der Waals surface area contributed by atoms with Gasteiger partial charge in [0.15, 0.2) is 0 Å². The third kappa shape index (κ3) is 2.92. The summed E-state index contributed by atoms with van der Waals surface area (Å²) in [6.07, 6.45) is 0. The average molecular weight is 296 g/mol. The second-order valence-electron chi connectivity index (χ2n) is 2.78. The molecule has 0 fully saturated rings. The van der Waals surface area contributed by atoms with Gasteiger partial charge in [0, 0.05) is 10.4 Å². The minimum Gasteiger partial charge on any atom is -0.462 e. The van der Waals surface area contributed by atoms with Gasteiger partial charge in [-0.05, 0) is 24.6 Å². The van der Waals surface area contributed by atoms with Crippen molar-refractivity contribution in [2.24, 2.45) is 0 Å². The predicted molar refractivity (Wildman–Crippen MR) is 60.0 cm³/mol. The van der Waals surface area contributed by atoms with E-state index in [1.165, 1.54) is 6.07 Å². The summed E-state index contributed by atoms with van der Waals surface area (Å²) >= 11 is 8.96. The van der Waals surface area contributed by atoms with Crippen molar-refractivity contribution < 1.29 is 13.9 Å². The van der Waals surface area contributed by atoms with Gasteiger partial charge in [-0.25, -0.2) is 9.18 Å². The summed E-state index contributed by atoms with van der Waals surface area (Å²) in [5.41, 5.74) is 0.566. The van der Waals surface area contributed by atoms with Crippen molar-refractivity contribution >= 4 is 33.5 Å². The molecule has 0 heterocycles. The second-order valence-corrected chi connectivity index (χ2v) is 3.75. The van der Waals surface area contributed by atoms with Crippen LogP contribution in [0.4, 0.5) is 4.39 Å². The van der Waals surface area contributed by atoms with Crippen LogP contribution < -0.4 is 0 Å². The molecule has 0 bridgehead atoms. The van der Waals surface area contributed by atoms with Gasteiger partial charge in [0.1, 0.15) is 5.82 Å². The van der Waals surface area contributed by atoms with Gasteiger partial charge in [0.25, 0.3) is 0 Å². The quantitative estimate of drug-likeness (QED) is 0.629. The Labute approximate surface area is 101 Å². The van der Waals surface area contributed by atoms with E-state index in [0.29, 0.717) is 10.9 Å². The zero-order valence-electron chi connectivity index (χ0n) is 8.02. The largest absolute Gasteiger partial charge is 0.462 e. The number of rotatable bonds is 3. The molecule has 1 aromatic carbocycles. The van der Waals surface area contributed by atoms with Crippen LogP contribution in [0, 0.1) is 5.82 Å². The molecule has 0 radical (unpaired) electrons. The molecule has 1 aromatic rings. The van der Waals surface area contributed by atoms with Crippen molar-refractivity contribution in [1.82, 2.24) is 0 Å². The van der Waals surface area contributed by atoms with Crippen molar-refractivity contribution in [3.63, 3.8) is 0 Å². The Balaban J connectivity index is 3.12. The molecule has 0 aromatic heterocycles. The number of ether oxygens (including phenoxy) is 1. The van der Waals surface area contributed by atoms with E-state index in [1.807, 2.05) is 0 Å². The monoisotopic (exact) mass is 294 g/mol. The molecule has 5 heteroatoms. The van der Waals surface area contributed by atoms with Gasteiger partial charge in [-0.3, -0.25) is 0 Å².